The molecular formula is C9H18N2S. The van der Waals surface area contributed by atoms with Gasteiger partial charge in [-0.1, -0.05) is 37.9 Å². The van der Waals surface area contributed by atoms with Gasteiger partial charge in [-0.3, -0.25) is 0 Å². The van der Waals surface area contributed by atoms with Crippen molar-refractivity contribution in [1.29, 1.82) is 0 Å². The smallest absolute Gasteiger partial charge is 0.0867 e. The van der Waals surface area contributed by atoms with E-state index in [0.717, 1.165) is 0 Å². The van der Waals surface area contributed by atoms with Crippen molar-refractivity contribution in [2.24, 2.45) is 5.73 Å². The second-order valence-electron chi connectivity index (χ2n) is 3.54. The fraction of sp³-hybridized carbons (Fsp3) is 0.889. The first-order valence-corrected chi connectivity index (χ1v) is 5.21. The molecule has 0 aromatic heterocycles. The zero-order valence-electron chi connectivity index (χ0n) is 7.51. The number of hydrogen-bond donors (Lipinski definition) is 2. The van der Waals surface area contributed by atoms with Crippen LogP contribution in [0.3, 0.4) is 0 Å². The molecule has 1 aliphatic carbocycles. The summed E-state index contributed by atoms with van der Waals surface area (Å²) >= 11 is 4.81. The Bertz CT molecular complexity index is 139. The van der Waals surface area contributed by atoms with Gasteiger partial charge in [0.15, 0.2) is 0 Å². The van der Waals surface area contributed by atoms with E-state index in [1.54, 1.807) is 0 Å². The molecule has 0 bridgehead atoms. The first kappa shape index (κ1) is 9.93. The van der Waals surface area contributed by atoms with Gasteiger partial charge in [0.05, 0.1) is 4.99 Å². The van der Waals surface area contributed by atoms with Crippen LogP contribution < -0.4 is 11.1 Å². The molecule has 3 N–H and O–H groups in total. The van der Waals surface area contributed by atoms with Gasteiger partial charge in [0, 0.05) is 12.6 Å². The lowest BCUT2D eigenvalue weighted by Gasteiger charge is -2.14. The van der Waals surface area contributed by atoms with Crippen molar-refractivity contribution in [3.8, 4) is 0 Å². The van der Waals surface area contributed by atoms with Gasteiger partial charge in [-0.2, -0.15) is 0 Å². The predicted octanol–water partition coefficient (Wildman–Crippen LogP) is 1.58. The van der Waals surface area contributed by atoms with E-state index in [1.807, 2.05) is 0 Å². The normalized spacial score (nSPS) is 20.3. The maximum Gasteiger partial charge on any atom is 0.0867 e. The average molecular weight is 186 g/mol. The third-order valence-electron chi connectivity index (χ3n) is 2.42. The molecule has 0 saturated heterocycles. The monoisotopic (exact) mass is 186 g/mol. The highest BCUT2D eigenvalue weighted by Crippen LogP contribution is 2.16. The van der Waals surface area contributed by atoms with Crippen molar-refractivity contribution in [2.75, 3.05) is 6.54 Å². The van der Waals surface area contributed by atoms with Crippen molar-refractivity contribution >= 4 is 17.2 Å². The van der Waals surface area contributed by atoms with Crippen LogP contribution in [0.15, 0.2) is 0 Å². The van der Waals surface area contributed by atoms with E-state index >= 15 is 0 Å². The standard InChI is InChI=1S/C9H18N2S/c10-9(12)7-11-8-5-3-1-2-4-6-8/h8,11H,1-7H2,(H2,10,12). The van der Waals surface area contributed by atoms with Crippen molar-refractivity contribution in [3.05, 3.63) is 0 Å². The number of hydrogen-bond acceptors (Lipinski definition) is 2. The molecule has 0 spiro atoms. The predicted molar refractivity (Wildman–Crippen MR) is 56.3 cm³/mol. The molecule has 1 saturated carbocycles. The minimum atomic E-state index is 0.583. The molecule has 0 aliphatic heterocycles. The molecule has 3 heteroatoms. The van der Waals surface area contributed by atoms with Crippen LogP contribution in [0.25, 0.3) is 0 Å². The topological polar surface area (TPSA) is 38.0 Å². The second kappa shape index (κ2) is 5.49. The summed E-state index contributed by atoms with van der Waals surface area (Å²) in [7, 11) is 0. The van der Waals surface area contributed by atoms with Gasteiger partial charge >= 0.3 is 0 Å². The van der Waals surface area contributed by atoms with Crippen LogP contribution in [0.4, 0.5) is 0 Å². The molecule has 1 aliphatic rings. The largest absolute Gasteiger partial charge is 0.392 e. The molecule has 70 valence electrons. The van der Waals surface area contributed by atoms with Gasteiger partial charge < -0.3 is 11.1 Å². The number of rotatable bonds is 3. The summed E-state index contributed by atoms with van der Waals surface area (Å²) in [6.45, 7) is 0.708. The maximum absolute atomic E-state index is 5.42. The Kier molecular flexibility index (Phi) is 4.54. The lowest BCUT2D eigenvalue weighted by atomic mass is 10.1. The van der Waals surface area contributed by atoms with Gasteiger partial charge in [0.25, 0.3) is 0 Å². The minimum Gasteiger partial charge on any atom is -0.392 e. The van der Waals surface area contributed by atoms with E-state index in [-0.39, 0.29) is 0 Å². The van der Waals surface area contributed by atoms with E-state index in [2.05, 4.69) is 5.32 Å². The molecule has 0 unspecified atom stereocenters. The molecule has 0 amide bonds. The van der Waals surface area contributed by atoms with E-state index in [1.165, 1.54) is 38.5 Å². The minimum absolute atomic E-state index is 0.583. The lowest BCUT2D eigenvalue weighted by molar-refractivity contribution is 0.487. The van der Waals surface area contributed by atoms with Crippen molar-refractivity contribution in [3.63, 3.8) is 0 Å². The fourth-order valence-corrected chi connectivity index (χ4v) is 1.81. The third-order valence-corrected chi connectivity index (χ3v) is 2.56. The van der Waals surface area contributed by atoms with Gasteiger partial charge in [0.2, 0.25) is 0 Å². The summed E-state index contributed by atoms with van der Waals surface area (Å²) < 4.78 is 0. The van der Waals surface area contributed by atoms with Gasteiger partial charge in [-0.15, -0.1) is 0 Å². The van der Waals surface area contributed by atoms with Crippen LogP contribution in [-0.4, -0.2) is 17.6 Å². The highest BCUT2D eigenvalue weighted by Gasteiger charge is 2.10. The summed E-state index contributed by atoms with van der Waals surface area (Å²) in [5.74, 6) is 0. The summed E-state index contributed by atoms with van der Waals surface area (Å²) in [6, 6.07) is 0.661. The molecule has 2 nitrogen and oxygen atoms in total. The van der Waals surface area contributed by atoms with Crippen LogP contribution in [-0.2, 0) is 0 Å². The maximum atomic E-state index is 5.42. The molecule has 0 heterocycles. The third kappa shape index (κ3) is 4.02. The van der Waals surface area contributed by atoms with E-state index in [0.29, 0.717) is 17.6 Å². The second-order valence-corrected chi connectivity index (χ2v) is 4.06. The van der Waals surface area contributed by atoms with E-state index < -0.39 is 0 Å². The zero-order valence-corrected chi connectivity index (χ0v) is 8.33. The highest BCUT2D eigenvalue weighted by molar-refractivity contribution is 7.80. The summed E-state index contributed by atoms with van der Waals surface area (Å²) in [5, 5.41) is 3.39. The Balaban J connectivity index is 2.16. The molecule has 0 atom stereocenters. The first-order valence-electron chi connectivity index (χ1n) is 4.81. The summed E-state index contributed by atoms with van der Waals surface area (Å²) in [6.07, 6.45) is 8.09. The quantitative estimate of drug-likeness (QED) is 0.519. The lowest BCUT2D eigenvalue weighted by Crippen LogP contribution is -2.35. The highest BCUT2D eigenvalue weighted by atomic mass is 32.1. The molecule has 1 fully saturated rings. The molecule has 0 radical (unpaired) electrons. The first-order chi connectivity index (χ1) is 5.79. The molecule has 0 aromatic carbocycles. The Morgan fingerprint density at radius 2 is 1.83 bits per heavy atom. The fourth-order valence-electron chi connectivity index (χ4n) is 1.73. The van der Waals surface area contributed by atoms with Crippen LogP contribution in [0.5, 0.6) is 0 Å². The van der Waals surface area contributed by atoms with Gasteiger partial charge in [-0.05, 0) is 12.8 Å². The van der Waals surface area contributed by atoms with Crippen molar-refractivity contribution < 1.29 is 0 Å². The summed E-state index contributed by atoms with van der Waals surface area (Å²) in [4.78, 5) is 0.583. The van der Waals surface area contributed by atoms with Crippen LogP contribution in [0, 0.1) is 0 Å². The van der Waals surface area contributed by atoms with Crippen LogP contribution >= 0.6 is 12.2 Å². The Morgan fingerprint density at radius 1 is 1.25 bits per heavy atom. The number of nitrogens with two attached hydrogens (primary N) is 1. The van der Waals surface area contributed by atoms with Crippen molar-refractivity contribution in [2.45, 2.75) is 44.6 Å². The number of thiocarbonyl (C=S) groups is 1. The van der Waals surface area contributed by atoms with E-state index in [4.69, 9.17) is 18.0 Å². The Hall–Kier alpha value is -0.150. The van der Waals surface area contributed by atoms with Crippen molar-refractivity contribution in [1.82, 2.24) is 5.32 Å². The van der Waals surface area contributed by atoms with Gasteiger partial charge in [0.1, 0.15) is 0 Å². The zero-order chi connectivity index (χ0) is 8.81. The van der Waals surface area contributed by atoms with Crippen LogP contribution in [0.2, 0.25) is 0 Å². The van der Waals surface area contributed by atoms with Gasteiger partial charge in [-0.25, -0.2) is 0 Å². The molecule has 12 heavy (non-hydrogen) atoms. The molecule has 0 aromatic rings. The SMILES string of the molecule is NC(=S)CNC1CCCCCC1. The number of nitrogens with one attached hydrogen (secondary N) is 1. The Morgan fingerprint density at radius 3 is 2.33 bits per heavy atom. The summed E-state index contributed by atoms with van der Waals surface area (Å²) in [5.41, 5.74) is 5.42. The molecular weight excluding hydrogens is 168 g/mol. The van der Waals surface area contributed by atoms with E-state index in [9.17, 15) is 0 Å². The molecule has 1 rings (SSSR count). The Labute approximate surface area is 79.9 Å². The van der Waals surface area contributed by atoms with Crippen LogP contribution in [0.1, 0.15) is 38.5 Å². The average Bonchev–Trinajstić information content (AvgIpc) is 2.28.